The molecular weight excluding hydrogens is 799 g/mol. The number of hydrogen-bond donors (Lipinski definition) is 7. The summed E-state index contributed by atoms with van der Waals surface area (Å²) in [6, 6.07) is 33.4. The molecule has 0 aliphatic heterocycles. The van der Waals surface area contributed by atoms with E-state index in [0.29, 0.717) is 29.1 Å². The topological polar surface area (TPSA) is 208 Å². The lowest BCUT2D eigenvalue weighted by molar-refractivity contribution is -0.138. The number of aliphatic hydroxyl groups excluding tert-OH is 2. The molecule has 0 aliphatic rings. The van der Waals surface area contributed by atoms with E-state index in [9.17, 15) is 29.4 Å². The van der Waals surface area contributed by atoms with Crippen LogP contribution in [0.25, 0.3) is 10.8 Å². The van der Waals surface area contributed by atoms with E-state index in [0.717, 1.165) is 16.3 Å². The number of benzene rings is 4. The van der Waals surface area contributed by atoms with Crippen LogP contribution < -0.4 is 26.0 Å². The number of imidazole rings is 1. The van der Waals surface area contributed by atoms with Gasteiger partial charge in [-0.2, -0.15) is 0 Å². The van der Waals surface area contributed by atoms with E-state index in [2.05, 4.69) is 36.2 Å². The zero-order valence-electron chi connectivity index (χ0n) is 35.4. The number of aromatic nitrogens is 3. The van der Waals surface area contributed by atoms with Gasteiger partial charge in [-0.25, -0.2) is 4.98 Å². The van der Waals surface area contributed by atoms with Gasteiger partial charge < -0.3 is 41.2 Å². The van der Waals surface area contributed by atoms with Crippen LogP contribution in [-0.2, 0) is 45.0 Å². The highest BCUT2D eigenvalue weighted by molar-refractivity contribution is 5.91. The molecule has 7 N–H and O–H groups in total. The Morgan fingerprint density at radius 1 is 0.714 bits per heavy atom. The molecule has 2 aromatic heterocycles. The number of aromatic amines is 1. The second-order valence-corrected chi connectivity index (χ2v) is 15.7. The van der Waals surface area contributed by atoms with Crippen molar-refractivity contribution in [1.29, 1.82) is 0 Å². The number of carbonyl (C=O) groups is 4. The maximum absolute atomic E-state index is 14.4. The number of aliphatic hydroxyl groups is 2. The maximum Gasteiger partial charge on any atom is 0.258 e. The molecule has 6 aromatic rings. The molecule has 328 valence electrons. The van der Waals surface area contributed by atoms with E-state index >= 15 is 0 Å². The summed E-state index contributed by atoms with van der Waals surface area (Å²) in [6.45, 7) is 3.52. The van der Waals surface area contributed by atoms with Crippen LogP contribution in [-0.4, -0.2) is 85.7 Å². The fourth-order valence-corrected chi connectivity index (χ4v) is 7.40. The van der Waals surface area contributed by atoms with Crippen molar-refractivity contribution in [2.75, 3.05) is 6.61 Å². The number of rotatable bonds is 22. The third-order valence-corrected chi connectivity index (χ3v) is 11.1. The molecule has 0 aliphatic carbocycles. The van der Waals surface area contributed by atoms with Gasteiger partial charge in [0.05, 0.1) is 36.6 Å². The van der Waals surface area contributed by atoms with Crippen LogP contribution in [0.5, 0.6) is 5.75 Å². The van der Waals surface area contributed by atoms with Crippen LogP contribution in [0.3, 0.4) is 0 Å². The van der Waals surface area contributed by atoms with Crippen molar-refractivity contribution in [2.24, 2.45) is 11.8 Å². The predicted octanol–water partition coefficient (Wildman–Crippen LogP) is 4.22. The van der Waals surface area contributed by atoms with E-state index in [-0.39, 0.29) is 38.3 Å². The number of carbonyl (C=O) groups excluding carboxylic acids is 4. The van der Waals surface area contributed by atoms with Gasteiger partial charge in [-0.3, -0.25) is 24.2 Å². The maximum atomic E-state index is 14.4. The molecule has 0 saturated heterocycles. The Labute approximate surface area is 366 Å². The van der Waals surface area contributed by atoms with Crippen molar-refractivity contribution < 1.29 is 34.1 Å². The van der Waals surface area contributed by atoms with Gasteiger partial charge in [0.15, 0.2) is 6.61 Å². The number of nitrogens with one attached hydrogen (secondary N) is 5. The highest BCUT2D eigenvalue weighted by atomic mass is 16.5. The molecule has 4 amide bonds. The zero-order valence-corrected chi connectivity index (χ0v) is 35.4. The van der Waals surface area contributed by atoms with E-state index in [1.54, 1.807) is 48.7 Å². The fraction of sp³-hybridized carbons (Fsp3) is 0.306. The van der Waals surface area contributed by atoms with Gasteiger partial charge in [-0.05, 0) is 53.5 Å². The molecule has 0 fully saturated rings. The highest BCUT2D eigenvalue weighted by Crippen LogP contribution is 2.25. The largest absolute Gasteiger partial charge is 0.483 e. The van der Waals surface area contributed by atoms with Crippen LogP contribution in [0, 0.1) is 11.8 Å². The van der Waals surface area contributed by atoms with Crippen molar-refractivity contribution in [3.63, 3.8) is 0 Å². The van der Waals surface area contributed by atoms with Gasteiger partial charge in [0.1, 0.15) is 23.9 Å². The van der Waals surface area contributed by atoms with Crippen molar-refractivity contribution in [3.05, 3.63) is 163 Å². The summed E-state index contributed by atoms with van der Waals surface area (Å²) >= 11 is 0. The van der Waals surface area contributed by atoms with Crippen molar-refractivity contribution in [2.45, 2.75) is 76.4 Å². The lowest BCUT2D eigenvalue weighted by Crippen LogP contribution is -2.59. The number of nitrogens with zero attached hydrogens (tertiary/aromatic N) is 2. The van der Waals surface area contributed by atoms with Crippen LogP contribution in [0.15, 0.2) is 140 Å². The molecule has 63 heavy (non-hydrogen) atoms. The normalized spacial score (nSPS) is 14.5. The molecule has 0 bridgehead atoms. The lowest BCUT2D eigenvalue weighted by Gasteiger charge is -2.34. The number of hydrogen-bond acceptors (Lipinski definition) is 9. The molecular formula is C49H55N7O7. The molecule has 6 rings (SSSR count). The van der Waals surface area contributed by atoms with Crippen LogP contribution in [0.1, 0.15) is 42.8 Å². The van der Waals surface area contributed by atoms with Gasteiger partial charge in [0, 0.05) is 29.9 Å². The third-order valence-electron chi connectivity index (χ3n) is 11.1. The summed E-state index contributed by atoms with van der Waals surface area (Å²) in [7, 11) is 0. The van der Waals surface area contributed by atoms with Crippen LogP contribution in [0.4, 0.5) is 0 Å². The molecule has 4 aromatic carbocycles. The summed E-state index contributed by atoms with van der Waals surface area (Å²) in [5.41, 5.74) is 2.65. The fourth-order valence-electron chi connectivity index (χ4n) is 7.40. The van der Waals surface area contributed by atoms with Gasteiger partial charge in [-0.1, -0.05) is 123 Å². The standard InChI is InChI=1S/C49H55N7O7/c1-3-32(2)44(49(62)52-29-36-21-12-13-24-51-36)56-47(60)39(25-33-15-6-4-7-16-33)45(58)46(59)40(26-34-17-8-5-9-18-34)55-48(61)41(27-37-28-50-31-53-37)54-43(57)30-63-42-23-14-20-35-19-10-11-22-38(35)42/h4-24,28,31-32,39-41,44-46,58-59H,3,25-27,29-30H2,1-2H3,(H,50,53)(H,52,62)(H,54,57)(H,55,61)(H,56,60)/t32-,39+,40-,41-,44-,45+,46+/m0/s1. The number of amides is 4. The SMILES string of the molecule is CC[C@H](C)[C@H](NC(=O)[C@H](Cc1ccccc1)[C@@H](O)[C@H](O)[C@H](Cc1ccccc1)NC(=O)[C@H](Cc1cnc[nH]1)NC(=O)COc1cccc2ccccc12)C(=O)NCc1ccccn1. The first-order chi connectivity index (χ1) is 30.6. The average molecular weight is 854 g/mol. The summed E-state index contributed by atoms with van der Waals surface area (Å²) in [4.78, 5) is 67.2. The second-order valence-electron chi connectivity index (χ2n) is 15.7. The van der Waals surface area contributed by atoms with E-state index in [4.69, 9.17) is 4.74 Å². The quantitative estimate of drug-likeness (QED) is 0.0521. The predicted molar refractivity (Wildman–Crippen MR) is 239 cm³/mol. The number of pyridine rings is 1. The van der Waals surface area contributed by atoms with E-state index in [1.807, 2.05) is 92.7 Å². The Kier molecular flexibility index (Phi) is 16.5. The summed E-state index contributed by atoms with van der Waals surface area (Å²) in [5.74, 6) is -3.33. The molecule has 7 atom stereocenters. The van der Waals surface area contributed by atoms with E-state index < -0.39 is 59.9 Å². The van der Waals surface area contributed by atoms with Gasteiger partial charge >= 0.3 is 0 Å². The summed E-state index contributed by atoms with van der Waals surface area (Å²) in [6.07, 6.45) is 1.84. The minimum Gasteiger partial charge on any atom is -0.483 e. The molecule has 0 spiro atoms. The average Bonchev–Trinajstić information content (AvgIpc) is 3.84. The minimum atomic E-state index is -1.73. The monoisotopic (exact) mass is 853 g/mol. The van der Waals surface area contributed by atoms with E-state index in [1.165, 1.54) is 12.5 Å². The van der Waals surface area contributed by atoms with Crippen molar-refractivity contribution >= 4 is 34.4 Å². The number of fused-ring (bicyclic) bond motifs is 1. The number of ether oxygens (including phenoxy) is 1. The summed E-state index contributed by atoms with van der Waals surface area (Å²) in [5, 5.41) is 37.5. The molecule has 14 heteroatoms. The Morgan fingerprint density at radius 3 is 2.08 bits per heavy atom. The Morgan fingerprint density at radius 2 is 1.40 bits per heavy atom. The first-order valence-corrected chi connectivity index (χ1v) is 21.2. The Bertz CT molecular complexity index is 2360. The van der Waals surface area contributed by atoms with Gasteiger partial charge in [0.25, 0.3) is 5.91 Å². The molecule has 2 heterocycles. The Balaban J connectivity index is 1.23. The Hall–Kier alpha value is -6.90. The van der Waals surface area contributed by atoms with Gasteiger partial charge in [0.2, 0.25) is 17.7 Å². The first-order valence-electron chi connectivity index (χ1n) is 21.2. The van der Waals surface area contributed by atoms with Crippen molar-refractivity contribution in [3.8, 4) is 5.75 Å². The van der Waals surface area contributed by atoms with Gasteiger partial charge in [-0.15, -0.1) is 0 Å². The summed E-state index contributed by atoms with van der Waals surface area (Å²) < 4.78 is 5.92. The second kappa shape index (κ2) is 22.8. The third kappa shape index (κ3) is 13.1. The smallest absolute Gasteiger partial charge is 0.258 e. The first kappa shape index (κ1) is 45.6. The van der Waals surface area contributed by atoms with Crippen molar-refractivity contribution in [1.82, 2.24) is 36.2 Å². The molecule has 0 radical (unpaired) electrons. The zero-order chi connectivity index (χ0) is 44.6. The minimum absolute atomic E-state index is 0.00882. The molecule has 0 unspecified atom stereocenters. The lowest BCUT2D eigenvalue weighted by atomic mass is 9.85. The molecule has 14 nitrogen and oxygen atoms in total. The number of H-pyrrole nitrogens is 1. The molecule has 0 saturated carbocycles. The van der Waals surface area contributed by atoms with Crippen LogP contribution in [0.2, 0.25) is 0 Å². The van der Waals surface area contributed by atoms with Crippen LogP contribution >= 0.6 is 0 Å². The highest BCUT2D eigenvalue weighted by Gasteiger charge is 2.39.